The van der Waals surface area contributed by atoms with Crippen LogP contribution in [-0.4, -0.2) is 53.7 Å². The van der Waals surface area contributed by atoms with Crippen LogP contribution in [0, 0.1) is 11.3 Å². The van der Waals surface area contributed by atoms with Gasteiger partial charge in [-0.1, -0.05) is 23.5 Å². The third kappa shape index (κ3) is 4.07. The summed E-state index contributed by atoms with van der Waals surface area (Å²) in [5, 5.41) is 20.1. The van der Waals surface area contributed by atoms with Crippen molar-refractivity contribution in [1.82, 2.24) is 15.1 Å². The second-order valence-corrected chi connectivity index (χ2v) is 6.37. The Morgan fingerprint density at radius 1 is 1.29 bits per heavy atom. The summed E-state index contributed by atoms with van der Waals surface area (Å²) in [6.07, 6.45) is 0.950. The second kappa shape index (κ2) is 7.86. The van der Waals surface area contributed by atoms with E-state index < -0.39 is 0 Å². The maximum Gasteiger partial charge on any atom is 0.240 e. The minimum absolute atomic E-state index is 0.0716. The summed E-state index contributed by atoms with van der Waals surface area (Å²) in [5.41, 5.74) is 3.26. The van der Waals surface area contributed by atoms with E-state index in [4.69, 9.17) is 0 Å². The van der Waals surface area contributed by atoms with Crippen LogP contribution in [0.4, 0.5) is 10.8 Å². The maximum atomic E-state index is 12.1. The molecule has 1 aromatic heterocycles. The van der Waals surface area contributed by atoms with E-state index in [0.717, 1.165) is 38.3 Å². The Kier molecular flexibility index (Phi) is 5.36. The van der Waals surface area contributed by atoms with E-state index in [9.17, 15) is 10.1 Å². The highest BCUT2D eigenvalue weighted by atomic mass is 32.1. The number of carbonyl (C=O) groups is 1. The van der Waals surface area contributed by atoms with Crippen molar-refractivity contribution in [3.05, 3.63) is 35.3 Å². The fraction of sp³-hybridized carbons (Fsp3) is 0.375. The van der Waals surface area contributed by atoms with Crippen molar-refractivity contribution in [2.24, 2.45) is 0 Å². The molecule has 0 saturated carbocycles. The maximum absolute atomic E-state index is 12.1. The molecule has 1 aliphatic heterocycles. The molecular formula is C16H18N6OS. The van der Waals surface area contributed by atoms with Gasteiger partial charge in [-0.2, -0.15) is 5.26 Å². The molecule has 0 spiro atoms. The molecule has 1 amide bonds. The Bertz CT molecular complexity index is 726. The van der Waals surface area contributed by atoms with Crippen LogP contribution in [0.3, 0.4) is 0 Å². The van der Waals surface area contributed by atoms with Crippen molar-refractivity contribution in [3.8, 4) is 6.07 Å². The highest BCUT2D eigenvalue weighted by Gasteiger charge is 2.19. The number of nitriles is 1. The molecule has 8 heteroatoms. The summed E-state index contributed by atoms with van der Waals surface area (Å²) in [5.74, 6) is -0.0716. The van der Waals surface area contributed by atoms with Crippen molar-refractivity contribution < 1.29 is 4.79 Å². The molecule has 0 atom stereocenters. The lowest BCUT2D eigenvalue weighted by Gasteiger charge is -2.24. The number of anilines is 2. The van der Waals surface area contributed by atoms with Crippen LogP contribution in [0.5, 0.6) is 0 Å². The normalized spacial score (nSPS) is 15.5. The molecule has 1 fully saturated rings. The first kappa shape index (κ1) is 16.4. The molecule has 1 N–H and O–H groups in total. The van der Waals surface area contributed by atoms with Crippen LogP contribution < -0.4 is 10.2 Å². The number of para-hydroxylation sites is 1. The summed E-state index contributed by atoms with van der Waals surface area (Å²) in [6, 6.07) is 9.91. The van der Waals surface area contributed by atoms with Crippen molar-refractivity contribution in [1.29, 1.82) is 5.26 Å². The van der Waals surface area contributed by atoms with E-state index in [2.05, 4.69) is 31.4 Å². The lowest BCUT2D eigenvalue weighted by Crippen LogP contribution is -2.36. The molecule has 3 rings (SSSR count). The van der Waals surface area contributed by atoms with Crippen LogP contribution >= 0.6 is 11.3 Å². The van der Waals surface area contributed by atoms with Crippen molar-refractivity contribution >= 4 is 28.1 Å². The first-order valence-electron chi connectivity index (χ1n) is 7.79. The number of rotatable bonds is 4. The molecule has 0 bridgehead atoms. The number of nitrogens with zero attached hydrogens (tertiary/aromatic N) is 5. The number of carbonyl (C=O) groups excluding carboxylic acids is 1. The van der Waals surface area contributed by atoms with Gasteiger partial charge in [0, 0.05) is 26.2 Å². The highest BCUT2D eigenvalue weighted by molar-refractivity contribution is 7.13. The number of hydrogen-bond donors (Lipinski definition) is 1. The minimum Gasteiger partial charge on any atom is -0.369 e. The smallest absolute Gasteiger partial charge is 0.240 e. The average molecular weight is 342 g/mol. The fourth-order valence-electron chi connectivity index (χ4n) is 2.80. The molecule has 2 heterocycles. The number of amides is 1. The third-order valence-electron chi connectivity index (χ3n) is 3.93. The Balaban J connectivity index is 1.57. The minimum atomic E-state index is -0.0716. The predicted octanol–water partition coefficient (Wildman–Crippen LogP) is 1.56. The second-order valence-electron chi connectivity index (χ2n) is 5.54. The zero-order valence-corrected chi connectivity index (χ0v) is 14.0. The Labute approximate surface area is 144 Å². The Morgan fingerprint density at radius 2 is 2.17 bits per heavy atom. The zero-order chi connectivity index (χ0) is 16.8. The summed E-state index contributed by atoms with van der Waals surface area (Å²) in [6.45, 7) is 3.66. The van der Waals surface area contributed by atoms with Gasteiger partial charge in [0.1, 0.15) is 11.6 Å². The van der Waals surface area contributed by atoms with Crippen LogP contribution in [-0.2, 0) is 4.79 Å². The SMILES string of the molecule is N#Cc1ccccc1N1CCCN(CC(=O)Nc2nncs2)CC1. The zero-order valence-electron chi connectivity index (χ0n) is 13.2. The van der Waals surface area contributed by atoms with E-state index in [1.54, 1.807) is 5.51 Å². The van der Waals surface area contributed by atoms with Crippen LogP contribution in [0.1, 0.15) is 12.0 Å². The first-order chi connectivity index (χ1) is 11.8. The monoisotopic (exact) mass is 342 g/mol. The van der Waals surface area contributed by atoms with Gasteiger partial charge in [-0.15, -0.1) is 10.2 Å². The van der Waals surface area contributed by atoms with E-state index in [1.807, 2.05) is 24.3 Å². The highest BCUT2D eigenvalue weighted by Crippen LogP contribution is 2.21. The van der Waals surface area contributed by atoms with E-state index in [0.29, 0.717) is 17.2 Å². The first-order valence-corrected chi connectivity index (χ1v) is 8.66. The van der Waals surface area contributed by atoms with E-state index in [1.165, 1.54) is 11.3 Å². The molecule has 0 radical (unpaired) electrons. The van der Waals surface area contributed by atoms with Gasteiger partial charge in [0.2, 0.25) is 11.0 Å². The molecular weight excluding hydrogens is 324 g/mol. The average Bonchev–Trinajstić information content (AvgIpc) is 2.99. The van der Waals surface area contributed by atoms with Gasteiger partial charge < -0.3 is 4.90 Å². The lowest BCUT2D eigenvalue weighted by atomic mass is 10.1. The number of hydrogen-bond acceptors (Lipinski definition) is 7. The summed E-state index contributed by atoms with van der Waals surface area (Å²) >= 11 is 1.31. The Morgan fingerprint density at radius 3 is 2.96 bits per heavy atom. The third-order valence-corrected chi connectivity index (χ3v) is 4.53. The molecule has 1 aliphatic rings. The van der Waals surface area contributed by atoms with Crippen LogP contribution in [0.25, 0.3) is 0 Å². The van der Waals surface area contributed by atoms with Gasteiger partial charge in [-0.25, -0.2) is 0 Å². The van der Waals surface area contributed by atoms with E-state index in [-0.39, 0.29) is 5.91 Å². The molecule has 24 heavy (non-hydrogen) atoms. The molecule has 1 aromatic carbocycles. The standard InChI is InChI=1S/C16H18N6OS/c17-10-13-4-1-2-5-14(13)22-7-3-6-21(8-9-22)11-15(23)19-16-20-18-12-24-16/h1-2,4-5,12H,3,6-9,11H2,(H,19,20,23). The molecule has 124 valence electrons. The predicted molar refractivity (Wildman–Crippen MR) is 93.0 cm³/mol. The quantitative estimate of drug-likeness (QED) is 0.908. The lowest BCUT2D eigenvalue weighted by molar-refractivity contribution is -0.117. The Hall–Kier alpha value is -2.50. The number of aromatic nitrogens is 2. The molecule has 2 aromatic rings. The van der Waals surface area contributed by atoms with Gasteiger partial charge >= 0.3 is 0 Å². The number of nitrogens with one attached hydrogen (secondary N) is 1. The van der Waals surface area contributed by atoms with Crippen LogP contribution in [0.15, 0.2) is 29.8 Å². The topological polar surface area (TPSA) is 85.2 Å². The molecule has 1 saturated heterocycles. The summed E-state index contributed by atoms with van der Waals surface area (Å²) in [4.78, 5) is 16.4. The molecule has 7 nitrogen and oxygen atoms in total. The van der Waals surface area contributed by atoms with Crippen molar-refractivity contribution in [2.75, 3.05) is 42.9 Å². The van der Waals surface area contributed by atoms with Crippen molar-refractivity contribution in [2.45, 2.75) is 6.42 Å². The largest absolute Gasteiger partial charge is 0.369 e. The van der Waals surface area contributed by atoms with Gasteiger partial charge in [0.05, 0.1) is 17.8 Å². The molecule has 0 aliphatic carbocycles. The van der Waals surface area contributed by atoms with Gasteiger partial charge in [-0.05, 0) is 18.6 Å². The van der Waals surface area contributed by atoms with Gasteiger partial charge in [0.15, 0.2) is 0 Å². The summed E-state index contributed by atoms with van der Waals surface area (Å²) in [7, 11) is 0. The van der Waals surface area contributed by atoms with E-state index >= 15 is 0 Å². The van der Waals surface area contributed by atoms with Crippen LogP contribution in [0.2, 0.25) is 0 Å². The van der Waals surface area contributed by atoms with Crippen molar-refractivity contribution in [3.63, 3.8) is 0 Å². The van der Waals surface area contributed by atoms with Gasteiger partial charge in [0.25, 0.3) is 0 Å². The number of benzene rings is 1. The molecule has 0 unspecified atom stereocenters. The fourth-order valence-corrected chi connectivity index (χ4v) is 3.26. The van der Waals surface area contributed by atoms with Gasteiger partial charge in [-0.3, -0.25) is 15.0 Å². The summed E-state index contributed by atoms with van der Waals surface area (Å²) < 4.78 is 0.